The number of hydrogen-bond acceptors (Lipinski definition) is 6. The summed E-state index contributed by atoms with van der Waals surface area (Å²) in [5, 5.41) is 16.0. The van der Waals surface area contributed by atoms with Crippen molar-refractivity contribution in [2.75, 3.05) is 19.7 Å². The van der Waals surface area contributed by atoms with Crippen LogP contribution in [0.25, 0.3) is 5.57 Å². The Balaban J connectivity index is 1.73. The van der Waals surface area contributed by atoms with Crippen molar-refractivity contribution < 1.29 is 13.9 Å². The molecule has 4 heterocycles. The third-order valence-corrected chi connectivity index (χ3v) is 5.04. The van der Waals surface area contributed by atoms with E-state index in [0.717, 1.165) is 22.1 Å². The van der Waals surface area contributed by atoms with Gasteiger partial charge < -0.3 is 10.0 Å². The van der Waals surface area contributed by atoms with Crippen LogP contribution in [0.2, 0.25) is 0 Å². The lowest BCUT2D eigenvalue weighted by atomic mass is 10.0. The molecule has 2 aliphatic heterocycles. The highest BCUT2D eigenvalue weighted by atomic mass is 32.1. The molecule has 1 fully saturated rings. The number of aliphatic imine (C=N–C) groups is 1. The van der Waals surface area contributed by atoms with Gasteiger partial charge in [-0.15, -0.1) is 11.3 Å². The molecule has 2 aromatic heterocycles. The van der Waals surface area contributed by atoms with E-state index in [1.54, 1.807) is 6.20 Å². The van der Waals surface area contributed by atoms with Crippen LogP contribution < -0.4 is 0 Å². The molecule has 24 heavy (non-hydrogen) atoms. The first-order valence-electron chi connectivity index (χ1n) is 7.54. The van der Waals surface area contributed by atoms with E-state index in [1.807, 2.05) is 5.38 Å². The Morgan fingerprint density at radius 1 is 1.42 bits per heavy atom. The lowest BCUT2D eigenvalue weighted by Gasteiger charge is -2.27. The number of fused-ring (bicyclic) bond motifs is 1. The number of nitrogens with zero attached hydrogens (tertiary/aromatic N) is 5. The monoisotopic (exact) mass is 351 g/mol. The van der Waals surface area contributed by atoms with Gasteiger partial charge in [0, 0.05) is 53.7 Å². The quantitative estimate of drug-likeness (QED) is 0.917. The average Bonchev–Trinajstić information content (AvgIpc) is 3.31. The van der Waals surface area contributed by atoms with Crippen molar-refractivity contribution in [3.63, 3.8) is 0 Å². The molecule has 0 bridgehead atoms. The van der Waals surface area contributed by atoms with E-state index >= 15 is 0 Å². The lowest BCUT2D eigenvalue weighted by Crippen LogP contribution is -2.32. The Hall–Kier alpha value is -2.13. The van der Waals surface area contributed by atoms with E-state index in [-0.39, 0.29) is 12.5 Å². The summed E-state index contributed by atoms with van der Waals surface area (Å²) < 4.78 is 26.2. The highest BCUT2D eigenvalue weighted by molar-refractivity contribution is 7.11. The molecule has 6 nitrogen and oxygen atoms in total. The fourth-order valence-electron chi connectivity index (χ4n) is 3.15. The van der Waals surface area contributed by atoms with E-state index < -0.39 is 6.55 Å². The van der Waals surface area contributed by atoms with Crippen LogP contribution in [0.3, 0.4) is 0 Å². The Morgan fingerprint density at radius 3 is 2.96 bits per heavy atom. The van der Waals surface area contributed by atoms with Crippen molar-refractivity contribution in [2.24, 2.45) is 10.9 Å². The Bertz CT molecular complexity index is 799. The molecular weight excluding hydrogens is 336 g/mol. The van der Waals surface area contributed by atoms with E-state index in [0.29, 0.717) is 29.8 Å². The van der Waals surface area contributed by atoms with Gasteiger partial charge in [0.25, 0.3) is 0 Å². The summed E-state index contributed by atoms with van der Waals surface area (Å²) in [5.41, 5.74) is 2.55. The number of aliphatic hydroxyl groups is 1. The van der Waals surface area contributed by atoms with Gasteiger partial charge in [-0.05, 0) is 6.42 Å². The van der Waals surface area contributed by atoms with Gasteiger partial charge in [-0.25, -0.2) is 9.67 Å². The summed E-state index contributed by atoms with van der Waals surface area (Å²) in [6.07, 6.45) is 5.22. The minimum absolute atomic E-state index is 0.0781. The predicted octanol–water partition coefficient (Wildman–Crippen LogP) is 2.22. The van der Waals surface area contributed by atoms with Gasteiger partial charge in [0.05, 0.1) is 12.7 Å². The summed E-state index contributed by atoms with van der Waals surface area (Å²) in [6.45, 7) is -1.54. The second-order valence-corrected chi connectivity index (χ2v) is 6.65. The highest BCUT2D eigenvalue weighted by Crippen LogP contribution is 2.37. The summed E-state index contributed by atoms with van der Waals surface area (Å²) in [5.74, 6) is 0.893. The minimum atomic E-state index is -2.66. The van der Waals surface area contributed by atoms with Crippen LogP contribution >= 0.6 is 11.3 Å². The van der Waals surface area contributed by atoms with Gasteiger partial charge in [0.15, 0.2) is 10.8 Å². The molecule has 1 unspecified atom stereocenters. The molecule has 1 atom stereocenters. The maximum atomic E-state index is 12.8. The summed E-state index contributed by atoms with van der Waals surface area (Å²) >= 11 is 1.51. The fourth-order valence-corrected chi connectivity index (χ4v) is 3.80. The van der Waals surface area contributed by atoms with Crippen molar-refractivity contribution in [2.45, 2.75) is 13.0 Å². The maximum Gasteiger partial charge on any atom is 0.333 e. The number of aliphatic hydroxyl groups excluding tert-OH is 1. The SMILES string of the molecule is OCC1CC2=C(c3cnn(C(F)F)c3)CN=C(c3nccs3)N2C1. The predicted molar refractivity (Wildman–Crippen MR) is 85.8 cm³/mol. The molecule has 2 aromatic rings. The molecule has 0 spiro atoms. The Morgan fingerprint density at radius 2 is 2.29 bits per heavy atom. The normalized spacial score (nSPS) is 20.8. The summed E-state index contributed by atoms with van der Waals surface area (Å²) in [4.78, 5) is 11.0. The van der Waals surface area contributed by atoms with Crippen LogP contribution in [-0.4, -0.2) is 50.3 Å². The number of aromatic nitrogens is 3. The number of allylic oxidation sites excluding steroid dienone is 1. The maximum absolute atomic E-state index is 12.8. The number of amidine groups is 1. The molecule has 9 heteroatoms. The third-order valence-electron chi connectivity index (χ3n) is 4.27. The molecule has 0 saturated carbocycles. The van der Waals surface area contributed by atoms with Gasteiger partial charge >= 0.3 is 6.55 Å². The molecule has 0 aliphatic carbocycles. The van der Waals surface area contributed by atoms with Crippen LogP contribution in [0.4, 0.5) is 8.78 Å². The zero-order chi connectivity index (χ0) is 16.7. The summed E-state index contributed by atoms with van der Waals surface area (Å²) in [6, 6.07) is 0. The van der Waals surface area contributed by atoms with Crippen LogP contribution in [0.5, 0.6) is 0 Å². The molecule has 2 aliphatic rings. The number of hydrogen-bond donors (Lipinski definition) is 1. The van der Waals surface area contributed by atoms with E-state index in [4.69, 9.17) is 0 Å². The zero-order valence-electron chi connectivity index (χ0n) is 12.6. The standard InChI is InChI=1S/C15H15F2N5OS/c16-15(17)22-7-10(4-20-22)11-5-19-13(14-18-1-2-24-14)21-6-9(8-23)3-12(11)21/h1-2,4,7,9,15,23H,3,5-6,8H2. The van der Waals surface area contributed by atoms with Crippen molar-refractivity contribution >= 4 is 22.7 Å². The van der Waals surface area contributed by atoms with Crippen LogP contribution in [0, 0.1) is 5.92 Å². The highest BCUT2D eigenvalue weighted by Gasteiger charge is 2.35. The second-order valence-electron chi connectivity index (χ2n) is 5.75. The van der Waals surface area contributed by atoms with Crippen LogP contribution in [0.1, 0.15) is 23.5 Å². The molecule has 0 aromatic carbocycles. The molecule has 0 amide bonds. The first-order chi connectivity index (χ1) is 11.7. The van der Waals surface area contributed by atoms with Crippen molar-refractivity contribution in [3.05, 3.63) is 40.2 Å². The number of thiazole rings is 1. The van der Waals surface area contributed by atoms with E-state index in [2.05, 4.69) is 20.0 Å². The van der Waals surface area contributed by atoms with Gasteiger partial charge in [0.2, 0.25) is 0 Å². The van der Waals surface area contributed by atoms with Crippen molar-refractivity contribution in [1.29, 1.82) is 0 Å². The smallest absolute Gasteiger partial charge is 0.333 e. The lowest BCUT2D eigenvalue weighted by molar-refractivity contribution is 0.0566. The number of halogens is 2. The minimum Gasteiger partial charge on any atom is -0.396 e. The molecule has 126 valence electrons. The van der Waals surface area contributed by atoms with E-state index in [9.17, 15) is 13.9 Å². The molecule has 1 N–H and O–H groups in total. The molecular formula is C15H15F2N5OS. The second kappa shape index (κ2) is 6.06. The van der Waals surface area contributed by atoms with Crippen LogP contribution in [-0.2, 0) is 0 Å². The average molecular weight is 351 g/mol. The number of rotatable bonds is 4. The first kappa shape index (κ1) is 15.4. The summed E-state index contributed by atoms with van der Waals surface area (Å²) in [7, 11) is 0. The van der Waals surface area contributed by atoms with Crippen molar-refractivity contribution in [1.82, 2.24) is 19.7 Å². The molecule has 1 saturated heterocycles. The van der Waals surface area contributed by atoms with Gasteiger partial charge in [0.1, 0.15) is 0 Å². The van der Waals surface area contributed by atoms with Gasteiger partial charge in [-0.3, -0.25) is 4.99 Å². The van der Waals surface area contributed by atoms with Gasteiger partial charge in [-0.2, -0.15) is 13.9 Å². The third kappa shape index (κ3) is 2.53. The number of alkyl halides is 2. The molecule has 4 rings (SSSR count). The van der Waals surface area contributed by atoms with Gasteiger partial charge in [-0.1, -0.05) is 0 Å². The largest absolute Gasteiger partial charge is 0.396 e. The fraction of sp³-hybridized carbons (Fsp3) is 0.400. The Labute approximate surface area is 140 Å². The zero-order valence-corrected chi connectivity index (χ0v) is 13.5. The van der Waals surface area contributed by atoms with E-state index in [1.165, 1.54) is 23.7 Å². The Kier molecular flexibility index (Phi) is 3.89. The van der Waals surface area contributed by atoms with Crippen LogP contribution in [0.15, 0.2) is 34.7 Å². The van der Waals surface area contributed by atoms with Crippen molar-refractivity contribution in [3.8, 4) is 0 Å². The molecule has 0 radical (unpaired) electrons. The first-order valence-corrected chi connectivity index (χ1v) is 8.42. The topological polar surface area (TPSA) is 66.5 Å².